The molecular formula is C27H18N4O2. The van der Waals surface area contributed by atoms with Gasteiger partial charge in [0.1, 0.15) is 5.69 Å². The number of nitrogens with zero attached hydrogens (tertiary/aromatic N) is 3. The van der Waals surface area contributed by atoms with Crippen molar-refractivity contribution in [1.82, 2.24) is 14.9 Å². The predicted octanol–water partition coefficient (Wildman–Crippen LogP) is 5.90. The normalized spacial score (nSPS) is 11.2. The molecule has 6 nitrogen and oxygen atoms in total. The van der Waals surface area contributed by atoms with Crippen LogP contribution in [0.3, 0.4) is 0 Å². The third-order valence-corrected chi connectivity index (χ3v) is 5.61. The van der Waals surface area contributed by atoms with Crippen molar-refractivity contribution >= 4 is 27.6 Å². The summed E-state index contributed by atoms with van der Waals surface area (Å²) in [5.41, 5.74) is 6.48. The molecule has 0 bridgehead atoms. The first-order chi connectivity index (χ1) is 16.3. The molecule has 6 heteroatoms. The Kier molecular flexibility index (Phi) is 4.47. The molecule has 0 aliphatic rings. The lowest BCUT2D eigenvalue weighted by atomic mass is 9.99. The van der Waals surface area contributed by atoms with E-state index in [2.05, 4.69) is 28.7 Å². The van der Waals surface area contributed by atoms with E-state index in [0.717, 1.165) is 32.9 Å². The van der Waals surface area contributed by atoms with Crippen molar-refractivity contribution in [1.29, 1.82) is 0 Å². The maximum absolute atomic E-state index is 13.3. The highest BCUT2D eigenvalue weighted by Gasteiger charge is 2.16. The Morgan fingerprint density at radius 3 is 2.52 bits per heavy atom. The highest BCUT2D eigenvalue weighted by molar-refractivity contribution is 6.11. The van der Waals surface area contributed by atoms with E-state index in [-0.39, 0.29) is 5.91 Å². The molecular weight excluding hydrogens is 412 g/mol. The zero-order chi connectivity index (χ0) is 22.2. The fourth-order valence-corrected chi connectivity index (χ4v) is 4.06. The van der Waals surface area contributed by atoms with E-state index in [1.54, 1.807) is 24.6 Å². The number of fused-ring (bicyclic) bond motifs is 2. The van der Waals surface area contributed by atoms with Crippen LogP contribution >= 0.6 is 0 Å². The summed E-state index contributed by atoms with van der Waals surface area (Å²) >= 11 is 0. The van der Waals surface area contributed by atoms with E-state index >= 15 is 0 Å². The minimum atomic E-state index is -0.274. The van der Waals surface area contributed by atoms with Gasteiger partial charge < -0.3 is 4.42 Å². The van der Waals surface area contributed by atoms with Crippen molar-refractivity contribution in [2.75, 3.05) is 5.43 Å². The summed E-state index contributed by atoms with van der Waals surface area (Å²) in [5.74, 6) is 0.361. The SMILES string of the molecule is O=C(Nn1ccc(-c2ccco2)n1)c1cc(-c2cccc3ccccc23)nc2ccccc12. The smallest absolute Gasteiger partial charge is 0.272 e. The summed E-state index contributed by atoms with van der Waals surface area (Å²) in [6, 6.07) is 29.2. The Morgan fingerprint density at radius 2 is 1.64 bits per heavy atom. The van der Waals surface area contributed by atoms with Crippen molar-refractivity contribution < 1.29 is 9.21 Å². The number of amides is 1. The van der Waals surface area contributed by atoms with Gasteiger partial charge >= 0.3 is 0 Å². The zero-order valence-corrected chi connectivity index (χ0v) is 17.5. The number of para-hydroxylation sites is 1. The molecule has 6 rings (SSSR count). The first-order valence-electron chi connectivity index (χ1n) is 10.5. The summed E-state index contributed by atoms with van der Waals surface area (Å²) in [6.07, 6.45) is 3.27. The summed E-state index contributed by atoms with van der Waals surface area (Å²) in [6.45, 7) is 0. The van der Waals surface area contributed by atoms with Crippen molar-refractivity contribution in [3.8, 4) is 22.7 Å². The van der Waals surface area contributed by atoms with E-state index in [1.807, 2.05) is 60.7 Å². The summed E-state index contributed by atoms with van der Waals surface area (Å²) < 4.78 is 5.38. The number of hydrogen-bond donors (Lipinski definition) is 1. The van der Waals surface area contributed by atoms with Gasteiger partial charge in [0.25, 0.3) is 5.91 Å². The molecule has 0 fully saturated rings. The monoisotopic (exact) mass is 430 g/mol. The molecule has 0 atom stereocenters. The highest BCUT2D eigenvalue weighted by Crippen LogP contribution is 2.30. The van der Waals surface area contributed by atoms with Crippen molar-refractivity contribution in [3.63, 3.8) is 0 Å². The molecule has 33 heavy (non-hydrogen) atoms. The van der Waals surface area contributed by atoms with Gasteiger partial charge in [-0.2, -0.15) is 4.79 Å². The fraction of sp³-hybridized carbons (Fsp3) is 0. The van der Waals surface area contributed by atoms with Gasteiger partial charge in [0.15, 0.2) is 5.76 Å². The first-order valence-corrected chi connectivity index (χ1v) is 10.5. The van der Waals surface area contributed by atoms with Gasteiger partial charge in [0.05, 0.1) is 23.0 Å². The maximum atomic E-state index is 13.3. The largest absolute Gasteiger partial charge is 0.463 e. The van der Waals surface area contributed by atoms with Gasteiger partial charge in [-0.15, -0.1) is 5.10 Å². The molecule has 1 amide bonds. The van der Waals surface area contributed by atoms with Crippen LogP contribution in [0.15, 0.2) is 108 Å². The van der Waals surface area contributed by atoms with E-state index in [9.17, 15) is 4.79 Å². The molecule has 0 saturated carbocycles. The quantitative estimate of drug-likeness (QED) is 0.378. The lowest BCUT2D eigenvalue weighted by molar-refractivity contribution is 0.101. The van der Waals surface area contributed by atoms with Gasteiger partial charge in [0, 0.05) is 17.1 Å². The Morgan fingerprint density at radius 1 is 0.818 bits per heavy atom. The van der Waals surface area contributed by atoms with Crippen molar-refractivity contribution in [2.24, 2.45) is 0 Å². The van der Waals surface area contributed by atoms with Gasteiger partial charge in [-0.1, -0.05) is 60.7 Å². The number of nitrogens with one attached hydrogen (secondary N) is 1. The van der Waals surface area contributed by atoms with Crippen molar-refractivity contribution in [2.45, 2.75) is 0 Å². The van der Waals surface area contributed by atoms with Crippen LogP contribution in [-0.4, -0.2) is 20.8 Å². The molecule has 0 saturated heterocycles. The molecule has 3 heterocycles. The van der Waals surface area contributed by atoms with Gasteiger partial charge in [-0.3, -0.25) is 4.79 Å². The minimum Gasteiger partial charge on any atom is -0.463 e. The molecule has 0 aliphatic carbocycles. The second-order valence-corrected chi connectivity index (χ2v) is 7.66. The Bertz CT molecular complexity index is 1610. The van der Waals surface area contributed by atoms with Crippen LogP contribution < -0.4 is 5.43 Å². The lowest BCUT2D eigenvalue weighted by Crippen LogP contribution is -2.23. The summed E-state index contributed by atoms with van der Waals surface area (Å²) in [4.78, 5) is 19.6. The third kappa shape index (κ3) is 3.43. The number of rotatable bonds is 4. The van der Waals surface area contributed by atoms with Crippen molar-refractivity contribution in [3.05, 3.63) is 109 Å². The maximum Gasteiger partial charge on any atom is 0.272 e. The highest BCUT2D eigenvalue weighted by atomic mass is 16.3. The van der Waals surface area contributed by atoms with Crippen LogP contribution in [0.2, 0.25) is 0 Å². The van der Waals surface area contributed by atoms with Gasteiger partial charge in [-0.25, -0.2) is 10.4 Å². The molecule has 1 N–H and O–H groups in total. The molecule has 0 aliphatic heterocycles. The van der Waals surface area contributed by atoms with Crippen LogP contribution in [0.1, 0.15) is 10.4 Å². The van der Waals surface area contributed by atoms with Crippen LogP contribution in [-0.2, 0) is 0 Å². The number of pyridine rings is 1. The van der Waals surface area contributed by atoms with E-state index in [4.69, 9.17) is 9.40 Å². The molecule has 158 valence electrons. The van der Waals surface area contributed by atoms with Crippen LogP contribution in [0.5, 0.6) is 0 Å². The molecule has 3 aromatic carbocycles. The summed E-state index contributed by atoms with van der Waals surface area (Å²) in [7, 11) is 0. The lowest BCUT2D eigenvalue weighted by Gasteiger charge is -2.12. The van der Waals surface area contributed by atoms with E-state index in [0.29, 0.717) is 17.0 Å². The number of furan rings is 1. The van der Waals surface area contributed by atoms with E-state index in [1.165, 1.54) is 4.79 Å². The number of carbonyl (C=O) groups excluding carboxylic acids is 1. The number of hydrogen-bond acceptors (Lipinski definition) is 4. The third-order valence-electron chi connectivity index (χ3n) is 5.61. The average molecular weight is 430 g/mol. The standard InChI is InChI=1S/C27H18N4O2/c32-27(30-31-15-14-24(29-31)26-13-6-16-33-26)22-17-25(28-23-12-4-3-10-21(22)23)20-11-5-8-18-7-1-2-9-19(18)20/h1-17H,(H,30,32). The second-order valence-electron chi connectivity index (χ2n) is 7.66. The molecule has 0 unspecified atom stereocenters. The topological polar surface area (TPSA) is 73.0 Å². The minimum absolute atomic E-state index is 0.274. The second kappa shape index (κ2) is 7.76. The first kappa shape index (κ1) is 19.0. The fourth-order valence-electron chi connectivity index (χ4n) is 4.06. The van der Waals surface area contributed by atoms with Gasteiger partial charge in [-0.05, 0) is 41.1 Å². The average Bonchev–Trinajstić information content (AvgIpc) is 3.55. The van der Waals surface area contributed by atoms with Crippen LogP contribution in [0.4, 0.5) is 0 Å². The van der Waals surface area contributed by atoms with Crippen LogP contribution in [0, 0.1) is 0 Å². The molecule has 0 radical (unpaired) electrons. The zero-order valence-electron chi connectivity index (χ0n) is 17.5. The molecule has 6 aromatic rings. The van der Waals surface area contributed by atoms with Gasteiger partial charge in [0.2, 0.25) is 0 Å². The number of benzene rings is 3. The summed E-state index contributed by atoms with van der Waals surface area (Å²) in [5, 5.41) is 7.38. The predicted molar refractivity (Wildman–Crippen MR) is 128 cm³/mol. The molecule has 0 spiro atoms. The Labute approximate surface area is 189 Å². The van der Waals surface area contributed by atoms with E-state index < -0.39 is 0 Å². The number of aromatic nitrogens is 3. The van der Waals surface area contributed by atoms with Crippen LogP contribution in [0.25, 0.3) is 44.4 Å². The number of carbonyl (C=O) groups is 1. The Balaban J connectivity index is 1.43. The molecule has 3 aromatic heterocycles. The Hall–Kier alpha value is -4.71.